The maximum atomic E-state index is 12.4. The molecular weight excluding hydrogens is 344 g/mol. The quantitative estimate of drug-likeness (QED) is 0.772. The van der Waals surface area contributed by atoms with Crippen LogP contribution in [-0.2, 0) is 16.0 Å². The van der Waals surface area contributed by atoms with Gasteiger partial charge < -0.3 is 19.2 Å². The van der Waals surface area contributed by atoms with Crippen LogP contribution in [0.2, 0.25) is 0 Å². The first kappa shape index (κ1) is 19.5. The normalized spacial score (nSPS) is 16.1. The minimum absolute atomic E-state index is 0.0348. The molecule has 2 aromatic rings. The molecule has 6 nitrogen and oxygen atoms in total. The highest BCUT2D eigenvalue weighted by atomic mass is 16.5. The first-order valence-corrected chi connectivity index (χ1v) is 9.43. The van der Waals surface area contributed by atoms with Crippen molar-refractivity contribution in [2.45, 2.75) is 25.8 Å². The van der Waals surface area contributed by atoms with Crippen LogP contribution < -0.4 is 10.1 Å². The van der Waals surface area contributed by atoms with Gasteiger partial charge in [-0.05, 0) is 43.2 Å². The zero-order valence-electron chi connectivity index (χ0n) is 16.1. The number of nitrogens with zero attached hydrogens (tertiary/aromatic N) is 1. The summed E-state index contributed by atoms with van der Waals surface area (Å²) in [7, 11) is 1.65. The number of furan rings is 1. The van der Waals surface area contributed by atoms with Crippen LogP contribution in [0.25, 0.3) is 0 Å². The standard InChI is InChI=1S/C21H28N2O4/c1-16-3-9-20(27-16)19(23-11-13-26-14-12-23)15-22-21(24)10-6-17-4-7-18(25-2)8-5-17/h3-5,7-9,19H,6,10-15H2,1-2H3,(H,22,24). The van der Waals surface area contributed by atoms with E-state index in [1.165, 1.54) is 0 Å². The van der Waals surface area contributed by atoms with Gasteiger partial charge in [0.2, 0.25) is 5.91 Å². The van der Waals surface area contributed by atoms with Gasteiger partial charge in [-0.25, -0.2) is 0 Å². The molecule has 1 aliphatic heterocycles. The topological polar surface area (TPSA) is 63.9 Å². The van der Waals surface area contributed by atoms with Crippen molar-refractivity contribution in [1.82, 2.24) is 10.2 Å². The van der Waals surface area contributed by atoms with Crippen LogP contribution in [0.5, 0.6) is 5.75 Å². The number of aryl methyl sites for hydroxylation is 2. The van der Waals surface area contributed by atoms with E-state index in [0.717, 1.165) is 35.9 Å². The molecule has 1 aromatic heterocycles. The smallest absolute Gasteiger partial charge is 0.220 e. The third kappa shape index (κ3) is 5.58. The zero-order chi connectivity index (χ0) is 19.1. The van der Waals surface area contributed by atoms with E-state index in [2.05, 4.69) is 10.2 Å². The van der Waals surface area contributed by atoms with Crippen LogP contribution in [0, 0.1) is 6.92 Å². The fourth-order valence-corrected chi connectivity index (χ4v) is 3.28. The van der Waals surface area contributed by atoms with Gasteiger partial charge in [0.1, 0.15) is 17.3 Å². The lowest BCUT2D eigenvalue weighted by atomic mass is 10.1. The fourth-order valence-electron chi connectivity index (χ4n) is 3.28. The summed E-state index contributed by atoms with van der Waals surface area (Å²) in [5, 5.41) is 3.07. The predicted molar refractivity (Wildman–Crippen MR) is 103 cm³/mol. The van der Waals surface area contributed by atoms with E-state index in [-0.39, 0.29) is 11.9 Å². The van der Waals surface area contributed by atoms with Crippen LogP contribution in [0.15, 0.2) is 40.8 Å². The molecule has 146 valence electrons. The highest BCUT2D eigenvalue weighted by Gasteiger charge is 2.25. The van der Waals surface area contributed by atoms with Gasteiger partial charge in [-0.3, -0.25) is 9.69 Å². The summed E-state index contributed by atoms with van der Waals surface area (Å²) < 4.78 is 16.4. The highest BCUT2D eigenvalue weighted by Crippen LogP contribution is 2.23. The number of hydrogen-bond acceptors (Lipinski definition) is 5. The number of rotatable bonds is 8. The minimum Gasteiger partial charge on any atom is -0.497 e. The van der Waals surface area contributed by atoms with Gasteiger partial charge in [-0.15, -0.1) is 0 Å². The van der Waals surface area contributed by atoms with E-state index in [0.29, 0.717) is 32.6 Å². The molecule has 1 amide bonds. The molecule has 6 heteroatoms. The number of carbonyl (C=O) groups excluding carboxylic acids is 1. The van der Waals surface area contributed by atoms with E-state index in [9.17, 15) is 4.79 Å². The van der Waals surface area contributed by atoms with Gasteiger partial charge in [-0.1, -0.05) is 12.1 Å². The van der Waals surface area contributed by atoms with Crippen LogP contribution in [0.1, 0.15) is 29.5 Å². The molecule has 0 bridgehead atoms. The zero-order valence-corrected chi connectivity index (χ0v) is 16.1. The largest absolute Gasteiger partial charge is 0.497 e. The number of nitrogens with one attached hydrogen (secondary N) is 1. The molecule has 1 N–H and O–H groups in total. The molecule has 1 saturated heterocycles. The molecule has 0 spiro atoms. The van der Waals surface area contributed by atoms with Crippen molar-refractivity contribution in [1.29, 1.82) is 0 Å². The van der Waals surface area contributed by atoms with Crippen molar-refractivity contribution in [3.63, 3.8) is 0 Å². The maximum Gasteiger partial charge on any atom is 0.220 e. The second kappa shape index (κ2) is 9.58. The van der Waals surface area contributed by atoms with E-state index < -0.39 is 0 Å². The maximum absolute atomic E-state index is 12.4. The van der Waals surface area contributed by atoms with Gasteiger partial charge >= 0.3 is 0 Å². The summed E-state index contributed by atoms with van der Waals surface area (Å²) in [6, 6.07) is 11.8. The molecule has 1 unspecified atom stereocenters. The van der Waals surface area contributed by atoms with Crippen molar-refractivity contribution in [3.8, 4) is 5.75 Å². The first-order valence-electron chi connectivity index (χ1n) is 9.43. The Labute approximate surface area is 160 Å². The van der Waals surface area contributed by atoms with Gasteiger partial charge in [0.05, 0.1) is 26.4 Å². The second-order valence-corrected chi connectivity index (χ2v) is 6.76. The molecular formula is C21H28N2O4. The number of carbonyl (C=O) groups is 1. The van der Waals surface area contributed by atoms with Crippen molar-refractivity contribution in [2.75, 3.05) is 40.0 Å². The Kier molecular flexibility index (Phi) is 6.90. The third-order valence-corrected chi connectivity index (χ3v) is 4.87. The van der Waals surface area contributed by atoms with Crippen molar-refractivity contribution in [3.05, 3.63) is 53.5 Å². The Morgan fingerprint density at radius 2 is 1.93 bits per heavy atom. The Hall–Kier alpha value is -2.31. The summed E-state index contributed by atoms with van der Waals surface area (Å²) >= 11 is 0. The third-order valence-electron chi connectivity index (χ3n) is 4.87. The SMILES string of the molecule is COc1ccc(CCC(=O)NCC(c2ccc(C)o2)N2CCOCC2)cc1. The molecule has 1 aliphatic rings. The van der Waals surface area contributed by atoms with E-state index >= 15 is 0 Å². The Morgan fingerprint density at radius 1 is 1.19 bits per heavy atom. The Bertz CT molecular complexity index is 720. The number of ether oxygens (including phenoxy) is 2. The number of hydrogen-bond donors (Lipinski definition) is 1. The first-order chi connectivity index (χ1) is 13.2. The van der Waals surface area contributed by atoms with Crippen molar-refractivity contribution < 1.29 is 18.7 Å². The average Bonchev–Trinajstić information content (AvgIpc) is 3.13. The van der Waals surface area contributed by atoms with Crippen molar-refractivity contribution >= 4 is 5.91 Å². The summed E-state index contributed by atoms with van der Waals surface area (Å²) in [6.07, 6.45) is 1.16. The fraction of sp³-hybridized carbons (Fsp3) is 0.476. The molecule has 3 rings (SSSR count). The predicted octanol–water partition coefficient (Wildman–Crippen LogP) is 2.72. The summed E-state index contributed by atoms with van der Waals surface area (Å²) in [4.78, 5) is 14.7. The summed E-state index contributed by atoms with van der Waals surface area (Å²) in [5.74, 6) is 2.65. The number of amides is 1. The number of morpholine rings is 1. The summed E-state index contributed by atoms with van der Waals surface area (Å²) in [6.45, 7) is 5.57. The van der Waals surface area contributed by atoms with Crippen LogP contribution in [-0.4, -0.2) is 50.8 Å². The molecule has 0 saturated carbocycles. The van der Waals surface area contributed by atoms with E-state index in [1.54, 1.807) is 7.11 Å². The van der Waals surface area contributed by atoms with E-state index in [1.807, 2.05) is 43.3 Å². The van der Waals surface area contributed by atoms with Crippen molar-refractivity contribution in [2.24, 2.45) is 0 Å². The molecule has 1 aromatic carbocycles. The molecule has 27 heavy (non-hydrogen) atoms. The summed E-state index contributed by atoms with van der Waals surface area (Å²) in [5.41, 5.74) is 1.12. The van der Waals surface area contributed by atoms with Crippen LogP contribution >= 0.6 is 0 Å². The Balaban J connectivity index is 1.53. The molecule has 1 atom stereocenters. The lowest BCUT2D eigenvalue weighted by molar-refractivity contribution is -0.121. The van der Waals surface area contributed by atoms with E-state index in [4.69, 9.17) is 13.9 Å². The number of methoxy groups -OCH3 is 1. The molecule has 1 fully saturated rings. The van der Waals surface area contributed by atoms with Gasteiger partial charge in [-0.2, -0.15) is 0 Å². The van der Waals surface area contributed by atoms with Gasteiger partial charge in [0.25, 0.3) is 0 Å². The lowest BCUT2D eigenvalue weighted by Crippen LogP contribution is -2.43. The lowest BCUT2D eigenvalue weighted by Gasteiger charge is -2.33. The monoisotopic (exact) mass is 372 g/mol. The average molecular weight is 372 g/mol. The van der Waals surface area contributed by atoms with Crippen LogP contribution in [0.4, 0.5) is 0 Å². The molecule has 0 radical (unpaired) electrons. The molecule has 2 heterocycles. The molecule has 0 aliphatic carbocycles. The minimum atomic E-state index is 0.0348. The van der Waals surface area contributed by atoms with Crippen LogP contribution in [0.3, 0.4) is 0 Å². The highest BCUT2D eigenvalue weighted by molar-refractivity contribution is 5.76. The second-order valence-electron chi connectivity index (χ2n) is 6.76. The van der Waals surface area contributed by atoms with Gasteiger partial charge in [0.15, 0.2) is 0 Å². The Morgan fingerprint density at radius 3 is 2.56 bits per heavy atom. The number of benzene rings is 1. The van der Waals surface area contributed by atoms with Gasteiger partial charge in [0, 0.05) is 26.1 Å².